The minimum absolute atomic E-state index is 0.0565. The van der Waals surface area contributed by atoms with Gasteiger partial charge in [0.05, 0.1) is 0 Å². The molecule has 2 aromatic rings. The SMILES string of the molecule is CC(=O)c1ccc(NC(=O)[C@H](C)OC(=O)COc2ccc(C(C)C)cc2)cc1. The van der Waals surface area contributed by atoms with Gasteiger partial charge in [0.15, 0.2) is 18.5 Å². The van der Waals surface area contributed by atoms with Gasteiger partial charge in [-0.3, -0.25) is 9.59 Å². The van der Waals surface area contributed by atoms with Crippen molar-refractivity contribution >= 4 is 23.3 Å². The number of Topliss-reactive ketones (excluding diaryl/α,β-unsaturated/α-hetero) is 1. The van der Waals surface area contributed by atoms with E-state index in [1.54, 1.807) is 36.4 Å². The van der Waals surface area contributed by atoms with Crippen molar-refractivity contribution in [1.29, 1.82) is 0 Å². The predicted molar refractivity (Wildman–Crippen MR) is 107 cm³/mol. The van der Waals surface area contributed by atoms with E-state index >= 15 is 0 Å². The minimum Gasteiger partial charge on any atom is -0.482 e. The highest BCUT2D eigenvalue weighted by Gasteiger charge is 2.18. The molecule has 0 heterocycles. The van der Waals surface area contributed by atoms with Crippen molar-refractivity contribution in [2.75, 3.05) is 11.9 Å². The van der Waals surface area contributed by atoms with Crippen LogP contribution >= 0.6 is 0 Å². The molecule has 0 saturated carbocycles. The van der Waals surface area contributed by atoms with Crippen molar-refractivity contribution in [3.05, 3.63) is 59.7 Å². The normalized spacial score (nSPS) is 11.6. The molecule has 0 aliphatic carbocycles. The van der Waals surface area contributed by atoms with Gasteiger partial charge in [0, 0.05) is 11.3 Å². The highest BCUT2D eigenvalue weighted by molar-refractivity contribution is 5.97. The van der Waals surface area contributed by atoms with Crippen molar-refractivity contribution in [3.63, 3.8) is 0 Å². The smallest absolute Gasteiger partial charge is 0.344 e. The fourth-order valence-electron chi connectivity index (χ4n) is 2.41. The maximum atomic E-state index is 12.1. The summed E-state index contributed by atoms with van der Waals surface area (Å²) in [4.78, 5) is 35.3. The third kappa shape index (κ3) is 6.23. The lowest BCUT2D eigenvalue weighted by Gasteiger charge is -2.14. The molecular weight excluding hydrogens is 358 g/mol. The van der Waals surface area contributed by atoms with Crippen LogP contribution in [0.15, 0.2) is 48.5 Å². The molecule has 6 heteroatoms. The third-order valence-electron chi connectivity index (χ3n) is 4.14. The Labute approximate surface area is 164 Å². The molecule has 2 aromatic carbocycles. The Morgan fingerprint density at radius 3 is 2.07 bits per heavy atom. The molecule has 2 rings (SSSR count). The number of esters is 1. The van der Waals surface area contributed by atoms with Crippen LogP contribution in [0.1, 0.15) is 49.5 Å². The van der Waals surface area contributed by atoms with Crippen LogP contribution in [-0.2, 0) is 14.3 Å². The number of nitrogens with one attached hydrogen (secondary N) is 1. The number of amides is 1. The maximum absolute atomic E-state index is 12.1. The second-order valence-corrected chi connectivity index (χ2v) is 6.77. The van der Waals surface area contributed by atoms with Gasteiger partial charge in [-0.15, -0.1) is 0 Å². The van der Waals surface area contributed by atoms with Gasteiger partial charge in [0.25, 0.3) is 5.91 Å². The summed E-state index contributed by atoms with van der Waals surface area (Å²) in [7, 11) is 0. The molecule has 0 fully saturated rings. The number of ketones is 1. The molecule has 1 atom stereocenters. The molecular formula is C22H25NO5. The van der Waals surface area contributed by atoms with E-state index in [0.717, 1.165) is 0 Å². The summed E-state index contributed by atoms with van der Waals surface area (Å²) in [6, 6.07) is 13.9. The van der Waals surface area contributed by atoms with E-state index in [1.807, 2.05) is 12.1 Å². The molecule has 6 nitrogen and oxygen atoms in total. The Balaban J connectivity index is 1.80. The molecule has 0 radical (unpaired) electrons. The van der Waals surface area contributed by atoms with E-state index in [1.165, 1.54) is 19.4 Å². The zero-order chi connectivity index (χ0) is 20.7. The topological polar surface area (TPSA) is 81.7 Å². The van der Waals surface area contributed by atoms with E-state index < -0.39 is 18.0 Å². The number of benzene rings is 2. The Hall–Kier alpha value is -3.15. The Kier molecular flexibility index (Phi) is 7.32. The van der Waals surface area contributed by atoms with Gasteiger partial charge in [-0.05, 0) is 61.7 Å². The summed E-state index contributed by atoms with van der Waals surface area (Å²) < 4.78 is 10.5. The summed E-state index contributed by atoms with van der Waals surface area (Å²) in [5.41, 5.74) is 2.24. The first-order valence-electron chi connectivity index (χ1n) is 9.10. The first kappa shape index (κ1) is 21.2. The largest absolute Gasteiger partial charge is 0.482 e. The molecule has 0 unspecified atom stereocenters. The fourth-order valence-corrected chi connectivity index (χ4v) is 2.41. The Morgan fingerprint density at radius 1 is 0.929 bits per heavy atom. The van der Waals surface area contributed by atoms with E-state index in [2.05, 4.69) is 19.2 Å². The number of ether oxygens (including phenoxy) is 2. The zero-order valence-corrected chi connectivity index (χ0v) is 16.5. The number of rotatable bonds is 8. The second-order valence-electron chi connectivity index (χ2n) is 6.77. The molecule has 28 heavy (non-hydrogen) atoms. The van der Waals surface area contributed by atoms with Gasteiger partial charge in [-0.2, -0.15) is 0 Å². The molecule has 0 saturated heterocycles. The van der Waals surface area contributed by atoms with Gasteiger partial charge in [-0.1, -0.05) is 26.0 Å². The number of carbonyl (C=O) groups is 3. The van der Waals surface area contributed by atoms with Gasteiger partial charge in [-0.25, -0.2) is 4.79 Å². The standard InChI is InChI=1S/C22H25NO5/c1-14(2)17-7-11-20(12-8-17)27-13-21(25)28-16(4)22(26)23-19-9-5-18(6-10-19)15(3)24/h5-12,14,16H,13H2,1-4H3,(H,23,26)/t16-/m0/s1. The first-order valence-corrected chi connectivity index (χ1v) is 9.10. The van der Waals surface area contributed by atoms with Crippen molar-refractivity contribution in [1.82, 2.24) is 0 Å². The lowest BCUT2D eigenvalue weighted by Crippen LogP contribution is -2.31. The van der Waals surface area contributed by atoms with Crippen molar-refractivity contribution in [2.45, 2.75) is 39.7 Å². The van der Waals surface area contributed by atoms with Crippen LogP contribution in [0.3, 0.4) is 0 Å². The van der Waals surface area contributed by atoms with Crippen LogP contribution in [0.4, 0.5) is 5.69 Å². The molecule has 0 aliphatic rings. The highest BCUT2D eigenvalue weighted by atomic mass is 16.6. The fraction of sp³-hybridized carbons (Fsp3) is 0.318. The summed E-state index contributed by atoms with van der Waals surface area (Å²) in [5.74, 6) is -0.187. The van der Waals surface area contributed by atoms with Crippen molar-refractivity contribution in [2.24, 2.45) is 0 Å². The van der Waals surface area contributed by atoms with Gasteiger partial charge >= 0.3 is 5.97 Å². The lowest BCUT2D eigenvalue weighted by molar-refractivity contribution is -0.155. The van der Waals surface area contributed by atoms with Crippen molar-refractivity contribution in [3.8, 4) is 5.75 Å². The first-order chi connectivity index (χ1) is 13.3. The molecule has 0 spiro atoms. The summed E-state index contributed by atoms with van der Waals surface area (Å²) >= 11 is 0. The quantitative estimate of drug-likeness (QED) is 0.551. The highest BCUT2D eigenvalue weighted by Crippen LogP contribution is 2.18. The van der Waals surface area contributed by atoms with E-state index in [9.17, 15) is 14.4 Å². The zero-order valence-electron chi connectivity index (χ0n) is 16.5. The van der Waals surface area contributed by atoms with Crippen LogP contribution < -0.4 is 10.1 Å². The monoisotopic (exact) mass is 383 g/mol. The average Bonchev–Trinajstić information content (AvgIpc) is 2.67. The lowest BCUT2D eigenvalue weighted by atomic mass is 10.0. The van der Waals surface area contributed by atoms with Gasteiger partial charge in [0.1, 0.15) is 5.75 Å². The van der Waals surface area contributed by atoms with Crippen LogP contribution in [0, 0.1) is 0 Å². The molecule has 0 bridgehead atoms. The molecule has 0 aromatic heterocycles. The van der Waals surface area contributed by atoms with Crippen molar-refractivity contribution < 1.29 is 23.9 Å². The van der Waals surface area contributed by atoms with Gasteiger partial charge < -0.3 is 14.8 Å². The number of carbonyl (C=O) groups excluding carboxylic acids is 3. The average molecular weight is 383 g/mol. The number of hydrogen-bond donors (Lipinski definition) is 1. The Bertz CT molecular complexity index is 825. The van der Waals surface area contributed by atoms with Gasteiger partial charge in [0.2, 0.25) is 0 Å². The number of hydrogen-bond acceptors (Lipinski definition) is 5. The summed E-state index contributed by atoms with van der Waals surface area (Å²) in [5, 5.41) is 2.64. The Morgan fingerprint density at radius 2 is 1.54 bits per heavy atom. The van der Waals surface area contributed by atoms with Crippen LogP contribution in [0.2, 0.25) is 0 Å². The van der Waals surface area contributed by atoms with E-state index in [0.29, 0.717) is 22.9 Å². The summed E-state index contributed by atoms with van der Waals surface area (Å²) in [6.07, 6.45) is -0.980. The third-order valence-corrected chi connectivity index (χ3v) is 4.14. The van der Waals surface area contributed by atoms with E-state index in [-0.39, 0.29) is 12.4 Å². The molecule has 0 aliphatic heterocycles. The van der Waals surface area contributed by atoms with Crippen LogP contribution in [0.5, 0.6) is 5.75 Å². The summed E-state index contributed by atoms with van der Waals surface area (Å²) in [6.45, 7) is 6.85. The van der Waals surface area contributed by atoms with Crippen LogP contribution in [0.25, 0.3) is 0 Å². The minimum atomic E-state index is -0.980. The predicted octanol–water partition coefficient (Wildman–Crippen LogP) is 3.96. The molecule has 1 N–H and O–H groups in total. The number of anilines is 1. The van der Waals surface area contributed by atoms with Crippen LogP contribution in [-0.4, -0.2) is 30.4 Å². The second kappa shape index (κ2) is 9.69. The molecule has 148 valence electrons. The van der Waals surface area contributed by atoms with E-state index in [4.69, 9.17) is 9.47 Å². The maximum Gasteiger partial charge on any atom is 0.344 e. The molecule has 1 amide bonds.